The van der Waals surface area contributed by atoms with Crippen LogP contribution in [0.4, 0.5) is 14.5 Å². The van der Waals surface area contributed by atoms with E-state index in [9.17, 15) is 18.7 Å². The molecule has 1 aliphatic rings. The molecule has 1 unspecified atom stereocenters. The van der Waals surface area contributed by atoms with Crippen molar-refractivity contribution in [3.05, 3.63) is 27.7 Å². The topological polar surface area (TPSA) is 49.3 Å². The van der Waals surface area contributed by atoms with Crippen LogP contribution in [-0.4, -0.2) is 22.5 Å². The van der Waals surface area contributed by atoms with Crippen molar-refractivity contribution in [1.82, 2.24) is 0 Å². The Balaban J connectivity index is 2.70. The van der Waals surface area contributed by atoms with Crippen molar-refractivity contribution in [3.63, 3.8) is 0 Å². The van der Waals surface area contributed by atoms with Gasteiger partial charge in [-0.05, 0) is 35.8 Å². The van der Waals surface area contributed by atoms with Gasteiger partial charge in [0.05, 0.1) is 15.7 Å². The number of ketones is 1. The number of aliphatic hydroxyl groups excluding tert-OH is 1. The standard InChI is InChI=1S/C11H10BrF2NO2/c1-11(2)10(17)9(16)4-3-5(12)6(13)7(14)8(4)15-11/h3,10,15,17H,1-2H3. The van der Waals surface area contributed by atoms with Crippen molar-refractivity contribution < 1.29 is 18.7 Å². The molecule has 2 N–H and O–H groups in total. The normalized spacial score (nSPS) is 22.0. The van der Waals surface area contributed by atoms with Crippen LogP contribution in [0.2, 0.25) is 0 Å². The molecule has 3 nitrogen and oxygen atoms in total. The third-order valence-corrected chi connectivity index (χ3v) is 3.38. The molecule has 1 heterocycles. The van der Waals surface area contributed by atoms with Crippen LogP contribution in [0.3, 0.4) is 0 Å². The number of aliphatic hydroxyl groups is 1. The Morgan fingerprint density at radius 2 is 2.00 bits per heavy atom. The fourth-order valence-corrected chi connectivity index (χ4v) is 2.18. The Morgan fingerprint density at radius 3 is 2.59 bits per heavy atom. The molecule has 1 atom stereocenters. The fourth-order valence-electron chi connectivity index (χ4n) is 1.78. The molecule has 92 valence electrons. The maximum atomic E-state index is 13.7. The molecule has 0 spiro atoms. The number of Topliss-reactive ketones (excluding diaryl/α,β-unsaturated/α-hetero) is 1. The quantitative estimate of drug-likeness (QED) is 0.724. The first-order chi connectivity index (χ1) is 7.75. The summed E-state index contributed by atoms with van der Waals surface area (Å²) in [6, 6.07) is 1.17. The Hall–Kier alpha value is -1.01. The summed E-state index contributed by atoms with van der Waals surface area (Å²) in [6.45, 7) is 3.08. The second-order valence-electron chi connectivity index (χ2n) is 4.52. The molecule has 0 fully saturated rings. The molecule has 0 aliphatic carbocycles. The summed E-state index contributed by atoms with van der Waals surface area (Å²) < 4.78 is 26.9. The molecule has 1 aromatic carbocycles. The van der Waals surface area contributed by atoms with Gasteiger partial charge in [-0.2, -0.15) is 0 Å². The predicted octanol–water partition coefficient (Wildman–Crippen LogP) is 2.48. The highest BCUT2D eigenvalue weighted by molar-refractivity contribution is 9.10. The zero-order valence-electron chi connectivity index (χ0n) is 9.14. The number of carbonyl (C=O) groups is 1. The second-order valence-corrected chi connectivity index (χ2v) is 5.38. The number of benzene rings is 1. The minimum Gasteiger partial charge on any atom is -0.382 e. The van der Waals surface area contributed by atoms with Gasteiger partial charge in [-0.1, -0.05) is 0 Å². The minimum absolute atomic E-state index is 0.0531. The molecule has 6 heteroatoms. The monoisotopic (exact) mass is 305 g/mol. The molecule has 0 saturated carbocycles. The summed E-state index contributed by atoms with van der Waals surface area (Å²) in [6.07, 6.45) is -1.30. The molecule has 1 aliphatic heterocycles. The average molecular weight is 306 g/mol. The van der Waals surface area contributed by atoms with E-state index in [1.165, 1.54) is 19.9 Å². The maximum absolute atomic E-state index is 13.7. The zero-order valence-corrected chi connectivity index (χ0v) is 10.7. The van der Waals surface area contributed by atoms with Crippen molar-refractivity contribution in [3.8, 4) is 0 Å². The van der Waals surface area contributed by atoms with E-state index in [0.29, 0.717) is 0 Å². The number of carbonyl (C=O) groups excluding carboxylic acids is 1. The third-order valence-electron chi connectivity index (χ3n) is 2.81. The van der Waals surface area contributed by atoms with Gasteiger partial charge >= 0.3 is 0 Å². The SMILES string of the molecule is CC1(C)Nc2c(cc(Br)c(F)c2F)C(=O)C1O. The summed E-state index contributed by atoms with van der Waals surface area (Å²) in [5.41, 5.74) is -1.29. The summed E-state index contributed by atoms with van der Waals surface area (Å²) >= 11 is 2.82. The highest BCUT2D eigenvalue weighted by Gasteiger charge is 2.41. The first-order valence-corrected chi connectivity index (χ1v) is 5.73. The number of nitrogens with one attached hydrogen (secondary N) is 1. The van der Waals surface area contributed by atoms with Gasteiger partial charge in [0.1, 0.15) is 6.10 Å². The lowest BCUT2D eigenvalue weighted by atomic mass is 9.85. The lowest BCUT2D eigenvalue weighted by Crippen LogP contribution is -2.52. The van der Waals surface area contributed by atoms with Gasteiger partial charge in [0.25, 0.3) is 0 Å². The van der Waals surface area contributed by atoms with E-state index in [1.54, 1.807) is 0 Å². The Bertz CT molecular complexity index is 517. The molecular weight excluding hydrogens is 296 g/mol. The van der Waals surface area contributed by atoms with Gasteiger partial charge in [0.15, 0.2) is 17.4 Å². The Morgan fingerprint density at radius 1 is 1.41 bits per heavy atom. The first-order valence-electron chi connectivity index (χ1n) is 4.93. The molecule has 0 radical (unpaired) electrons. The Labute approximate surface area is 105 Å². The van der Waals surface area contributed by atoms with Gasteiger partial charge in [-0.3, -0.25) is 4.79 Å². The number of hydrogen-bond acceptors (Lipinski definition) is 3. The number of halogens is 3. The van der Waals surface area contributed by atoms with E-state index in [4.69, 9.17) is 0 Å². The molecule has 2 rings (SSSR count). The van der Waals surface area contributed by atoms with E-state index in [0.717, 1.165) is 0 Å². The Kier molecular flexibility index (Phi) is 2.74. The van der Waals surface area contributed by atoms with Crippen LogP contribution in [0.15, 0.2) is 10.5 Å². The van der Waals surface area contributed by atoms with Crippen LogP contribution >= 0.6 is 15.9 Å². The predicted molar refractivity (Wildman–Crippen MR) is 62.1 cm³/mol. The lowest BCUT2D eigenvalue weighted by Gasteiger charge is -2.37. The highest BCUT2D eigenvalue weighted by Crippen LogP contribution is 2.36. The van der Waals surface area contributed by atoms with E-state index in [2.05, 4.69) is 21.2 Å². The average Bonchev–Trinajstić information content (AvgIpc) is 2.26. The third kappa shape index (κ3) is 1.75. The lowest BCUT2D eigenvalue weighted by molar-refractivity contribution is 0.0603. The van der Waals surface area contributed by atoms with Crippen molar-refractivity contribution in [2.45, 2.75) is 25.5 Å². The van der Waals surface area contributed by atoms with Crippen molar-refractivity contribution in [2.75, 3.05) is 5.32 Å². The van der Waals surface area contributed by atoms with Gasteiger partial charge in [-0.25, -0.2) is 8.78 Å². The van der Waals surface area contributed by atoms with Crippen LogP contribution in [0.1, 0.15) is 24.2 Å². The second kappa shape index (κ2) is 3.74. The van der Waals surface area contributed by atoms with Crippen molar-refractivity contribution in [1.29, 1.82) is 0 Å². The van der Waals surface area contributed by atoms with E-state index >= 15 is 0 Å². The summed E-state index contributed by atoms with van der Waals surface area (Å²) in [5, 5.41) is 12.4. The summed E-state index contributed by atoms with van der Waals surface area (Å²) in [4.78, 5) is 11.8. The van der Waals surface area contributed by atoms with Crippen LogP contribution in [0, 0.1) is 11.6 Å². The van der Waals surface area contributed by atoms with Gasteiger partial charge in [0.2, 0.25) is 0 Å². The molecule has 0 bridgehead atoms. The van der Waals surface area contributed by atoms with Crippen LogP contribution in [0.25, 0.3) is 0 Å². The molecule has 0 aromatic heterocycles. The molecule has 0 saturated heterocycles. The van der Waals surface area contributed by atoms with Crippen LogP contribution in [-0.2, 0) is 0 Å². The smallest absolute Gasteiger partial charge is 0.195 e. The van der Waals surface area contributed by atoms with Gasteiger partial charge in [-0.15, -0.1) is 0 Å². The van der Waals surface area contributed by atoms with E-state index in [-0.39, 0.29) is 15.7 Å². The summed E-state index contributed by atoms with van der Waals surface area (Å²) in [7, 11) is 0. The zero-order chi connectivity index (χ0) is 13.0. The molecule has 17 heavy (non-hydrogen) atoms. The number of anilines is 1. The van der Waals surface area contributed by atoms with Crippen LogP contribution in [0.5, 0.6) is 0 Å². The first kappa shape index (κ1) is 12.4. The maximum Gasteiger partial charge on any atom is 0.195 e. The van der Waals surface area contributed by atoms with Gasteiger partial charge in [0, 0.05) is 5.56 Å². The number of rotatable bonds is 0. The number of hydrogen-bond donors (Lipinski definition) is 2. The van der Waals surface area contributed by atoms with E-state index < -0.39 is 29.1 Å². The van der Waals surface area contributed by atoms with Gasteiger partial charge < -0.3 is 10.4 Å². The van der Waals surface area contributed by atoms with Crippen molar-refractivity contribution >= 4 is 27.4 Å². The highest BCUT2D eigenvalue weighted by atomic mass is 79.9. The van der Waals surface area contributed by atoms with Crippen molar-refractivity contribution in [2.24, 2.45) is 0 Å². The molecule has 1 aromatic rings. The minimum atomic E-state index is -1.30. The molecular formula is C11H10BrF2NO2. The number of fused-ring (bicyclic) bond motifs is 1. The molecule has 0 amide bonds. The largest absolute Gasteiger partial charge is 0.382 e. The fraction of sp³-hybridized carbons (Fsp3) is 0.364. The summed E-state index contributed by atoms with van der Waals surface area (Å²) in [5.74, 6) is -2.80. The van der Waals surface area contributed by atoms with Crippen LogP contribution < -0.4 is 5.32 Å². The van der Waals surface area contributed by atoms with E-state index in [1.807, 2.05) is 0 Å².